The predicted octanol–water partition coefficient (Wildman–Crippen LogP) is 2.39. The second kappa shape index (κ2) is 10.8. The van der Waals surface area contributed by atoms with Crippen LogP contribution in [0.1, 0.15) is 0 Å². The fourth-order valence-electron chi connectivity index (χ4n) is 0.686. The second-order valence-corrected chi connectivity index (χ2v) is 2.66. The van der Waals surface area contributed by atoms with E-state index in [1.165, 1.54) is 24.3 Å². The first-order chi connectivity index (χ1) is 8.38. The topological polar surface area (TPSA) is 91.7 Å². The fourth-order valence-corrected chi connectivity index (χ4v) is 0.686. The molecule has 0 atom stereocenters. The Morgan fingerprint density at radius 1 is 1.06 bits per heavy atom. The zero-order chi connectivity index (χ0) is 14.6. The van der Waals surface area contributed by atoms with Crippen LogP contribution in [0.5, 0.6) is 0 Å². The average molecular weight is 250 g/mol. The molecule has 0 heterocycles. The zero-order valence-corrected chi connectivity index (χ0v) is 9.70. The Hall–Kier alpha value is -2.69. The molecule has 0 saturated heterocycles. The number of carboxylic acid groups (broad SMARTS) is 2. The smallest absolute Gasteiger partial charge is 0.450 e. The van der Waals surface area contributed by atoms with Gasteiger partial charge in [-0.25, -0.2) is 4.79 Å². The molecule has 2 N–H and O–H groups in total. The van der Waals surface area contributed by atoms with E-state index in [2.05, 4.69) is 19.7 Å². The van der Waals surface area contributed by atoms with Crippen LogP contribution in [0.15, 0.2) is 61.8 Å². The van der Waals surface area contributed by atoms with E-state index in [0.717, 1.165) is 0 Å². The van der Waals surface area contributed by atoms with Gasteiger partial charge in [0, 0.05) is 5.57 Å². The lowest BCUT2D eigenvalue weighted by molar-refractivity contribution is -0.114. The van der Waals surface area contributed by atoms with Crippen LogP contribution in [0.3, 0.4) is 0 Å². The van der Waals surface area contributed by atoms with Crippen molar-refractivity contribution in [2.75, 3.05) is 0 Å². The highest BCUT2D eigenvalue weighted by atomic mass is 16.6. The minimum atomic E-state index is -1.83. The fraction of sp³-hybridized carbons (Fsp3) is 0. The molecule has 1 rings (SSSR count). The van der Waals surface area contributed by atoms with E-state index in [4.69, 9.17) is 15.0 Å². The van der Waals surface area contributed by atoms with Gasteiger partial charge in [-0.2, -0.15) is 0 Å². The summed E-state index contributed by atoms with van der Waals surface area (Å²) in [6, 6.07) is 0. The summed E-state index contributed by atoms with van der Waals surface area (Å²) in [6.07, 6.45) is 6.59. The molecule has 1 aliphatic carbocycles. The molecule has 5 heteroatoms. The van der Waals surface area contributed by atoms with E-state index >= 15 is 0 Å². The van der Waals surface area contributed by atoms with E-state index in [9.17, 15) is 9.59 Å². The van der Waals surface area contributed by atoms with E-state index in [-0.39, 0.29) is 11.6 Å². The van der Waals surface area contributed by atoms with Crippen LogP contribution in [0.4, 0.5) is 4.79 Å². The van der Waals surface area contributed by atoms with Crippen LogP contribution in [0, 0.1) is 0 Å². The van der Waals surface area contributed by atoms with Crippen LogP contribution in [0.2, 0.25) is 0 Å². The molecule has 0 fully saturated rings. The Morgan fingerprint density at radius 3 is 1.78 bits per heavy atom. The number of carbonyl (C=O) groups is 3. The molecular weight excluding hydrogens is 236 g/mol. The number of allylic oxidation sites excluding steroid dienone is 7. The molecule has 0 bridgehead atoms. The van der Waals surface area contributed by atoms with Crippen LogP contribution in [0.25, 0.3) is 0 Å². The van der Waals surface area contributed by atoms with Gasteiger partial charge in [0.05, 0.1) is 0 Å². The number of rotatable bonds is 2. The normalized spacial score (nSPS) is 11.9. The van der Waals surface area contributed by atoms with E-state index in [1.54, 1.807) is 12.2 Å². The summed E-state index contributed by atoms with van der Waals surface area (Å²) in [5.41, 5.74) is 0.368. The monoisotopic (exact) mass is 250 g/mol. The maximum atomic E-state index is 10.8. The van der Waals surface area contributed by atoms with Gasteiger partial charge in [0.2, 0.25) is 0 Å². The van der Waals surface area contributed by atoms with Gasteiger partial charge in [-0.05, 0) is 18.2 Å². The highest BCUT2D eigenvalue weighted by molar-refractivity contribution is 6.18. The SMILES string of the molecule is C=CC1=CC(=O)C=CC1=O.C=CC=C.O=C(O)O. The molecule has 1 aliphatic rings. The van der Waals surface area contributed by atoms with Gasteiger partial charge in [0.1, 0.15) is 0 Å². The quantitative estimate of drug-likeness (QED) is 0.580. The summed E-state index contributed by atoms with van der Waals surface area (Å²) < 4.78 is 0. The van der Waals surface area contributed by atoms with Gasteiger partial charge in [0.25, 0.3) is 0 Å². The molecule has 5 nitrogen and oxygen atoms in total. The van der Waals surface area contributed by atoms with Gasteiger partial charge in [0.15, 0.2) is 11.6 Å². The summed E-state index contributed by atoms with van der Waals surface area (Å²) in [7, 11) is 0. The lowest BCUT2D eigenvalue weighted by atomic mass is 10.0. The maximum Gasteiger partial charge on any atom is 0.503 e. The number of hydrogen-bond donors (Lipinski definition) is 2. The molecule has 0 aliphatic heterocycles. The number of ketones is 2. The Labute approximate surface area is 105 Å². The van der Waals surface area contributed by atoms with E-state index in [0.29, 0.717) is 5.57 Å². The van der Waals surface area contributed by atoms with E-state index in [1.807, 2.05) is 0 Å². The van der Waals surface area contributed by atoms with Crippen LogP contribution in [-0.2, 0) is 9.59 Å². The summed E-state index contributed by atoms with van der Waals surface area (Å²) in [6.45, 7) is 10.1. The first-order valence-electron chi connectivity index (χ1n) is 4.64. The number of carbonyl (C=O) groups excluding carboxylic acids is 2. The zero-order valence-electron chi connectivity index (χ0n) is 9.70. The highest BCUT2D eigenvalue weighted by Crippen LogP contribution is 2.04. The first kappa shape index (κ1) is 17.7. The maximum absolute atomic E-state index is 10.8. The molecule has 0 unspecified atom stereocenters. The minimum Gasteiger partial charge on any atom is -0.450 e. The molecule has 0 aromatic carbocycles. The Balaban J connectivity index is 0. The molecule has 0 radical (unpaired) electrons. The number of hydrogen-bond acceptors (Lipinski definition) is 3. The summed E-state index contributed by atoms with van der Waals surface area (Å²) in [4.78, 5) is 30.0. The molecule has 0 aromatic heterocycles. The standard InChI is InChI=1S/C8H6O2.C4H6.CH2O3/c1-2-6-5-7(9)3-4-8(6)10;1-3-4-2;2-1(3)4/h2-5H,1H2;3-4H,1-2H2;(H2,2,3,4). The largest absolute Gasteiger partial charge is 0.503 e. The molecule has 0 spiro atoms. The summed E-state index contributed by atoms with van der Waals surface area (Å²) in [5.74, 6) is -0.316. The first-order valence-corrected chi connectivity index (χ1v) is 4.64. The van der Waals surface area contributed by atoms with Gasteiger partial charge < -0.3 is 10.2 Å². The third-order valence-corrected chi connectivity index (χ3v) is 1.37. The highest BCUT2D eigenvalue weighted by Gasteiger charge is 2.08. The summed E-state index contributed by atoms with van der Waals surface area (Å²) in [5, 5.41) is 13.9. The van der Waals surface area contributed by atoms with Gasteiger partial charge >= 0.3 is 6.16 Å². The van der Waals surface area contributed by atoms with Crippen molar-refractivity contribution < 1.29 is 24.6 Å². The molecule has 18 heavy (non-hydrogen) atoms. The van der Waals surface area contributed by atoms with Crippen molar-refractivity contribution in [3.8, 4) is 0 Å². The molecule has 0 saturated carbocycles. The van der Waals surface area contributed by atoms with Crippen molar-refractivity contribution in [1.29, 1.82) is 0 Å². The molecule has 0 amide bonds. The van der Waals surface area contributed by atoms with Crippen molar-refractivity contribution in [3.05, 3.63) is 61.8 Å². The van der Waals surface area contributed by atoms with Gasteiger partial charge in [-0.1, -0.05) is 38.0 Å². The van der Waals surface area contributed by atoms with Gasteiger partial charge in [-0.3, -0.25) is 9.59 Å². The van der Waals surface area contributed by atoms with Crippen molar-refractivity contribution in [3.63, 3.8) is 0 Å². The lowest BCUT2D eigenvalue weighted by Crippen LogP contribution is -2.04. The second-order valence-electron chi connectivity index (χ2n) is 2.66. The van der Waals surface area contributed by atoms with Crippen molar-refractivity contribution in [2.24, 2.45) is 0 Å². The average Bonchev–Trinajstić information content (AvgIpc) is 2.32. The molecule has 96 valence electrons. The van der Waals surface area contributed by atoms with Crippen molar-refractivity contribution in [2.45, 2.75) is 0 Å². The third kappa shape index (κ3) is 11.4. The van der Waals surface area contributed by atoms with Crippen LogP contribution in [-0.4, -0.2) is 27.9 Å². The third-order valence-electron chi connectivity index (χ3n) is 1.37. The molecule has 0 aromatic rings. The van der Waals surface area contributed by atoms with Crippen molar-refractivity contribution in [1.82, 2.24) is 0 Å². The van der Waals surface area contributed by atoms with Crippen LogP contribution >= 0.6 is 0 Å². The molecular formula is C13H14O5. The Bertz CT molecular complexity index is 403. The summed E-state index contributed by atoms with van der Waals surface area (Å²) >= 11 is 0. The van der Waals surface area contributed by atoms with Crippen LogP contribution < -0.4 is 0 Å². The Morgan fingerprint density at radius 2 is 1.50 bits per heavy atom. The minimum absolute atomic E-state index is 0.158. The van der Waals surface area contributed by atoms with E-state index < -0.39 is 6.16 Å². The lowest BCUT2D eigenvalue weighted by Gasteiger charge is -1.98. The van der Waals surface area contributed by atoms with Crippen molar-refractivity contribution >= 4 is 17.7 Å². The van der Waals surface area contributed by atoms with Gasteiger partial charge in [-0.15, -0.1) is 0 Å². The predicted molar refractivity (Wildman–Crippen MR) is 68.5 cm³/mol. The Kier molecular flexibility index (Phi) is 10.6.